The first-order valence-electron chi connectivity index (χ1n) is 10.2. The zero-order valence-corrected chi connectivity index (χ0v) is 18.4. The fourth-order valence-electron chi connectivity index (χ4n) is 3.54. The number of thiazole rings is 1. The van der Waals surface area contributed by atoms with Crippen LogP contribution in [-0.4, -0.2) is 34.0 Å². The number of aryl methyl sites for hydroxylation is 1. The van der Waals surface area contributed by atoms with Crippen molar-refractivity contribution in [2.24, 2.45) is 5.92 Å². The number of carbonyl (C=O) groups is 1. The zero-order chi connectivity index (χ0) is 21.9. The first kappa shape index (κ1) is 22.6. The second-order valence-electron chi connectivity index (χ2n) is 8.26. The molecule has 0 saturated carbocycles. The summed E-state index contributed by atoms with van der Waals surface area (Å²) in [6.07, 6.45) is 2.20. The van der Waals surface area contributed by atoms with Crippen LogP contribution in [0.4, 0.5) is 8.78 Å². The Labute approximate surface area is 179 Å². The van der Waals surface area contributed by atoms with E-state index in [1.54, 1.807) is 0 Å². The summed E-state index contributed by atoms with van der Waals surface area (Å²) in [5, 5.41) is 11.9. The van der Waals surface area contributed by atoms with Crippen molar-refractivity contribution in [2.75, 3.05) is 13.1 Å². The van der Waals surface area contributed by atoms with Crippen molar-refractivity contribution in [3.05, 3.63) is 45.4 Å². The maximum Gasteiger partial charge on any atom is 0.222 e. The van der Waals surface area contributed by atoms with Gasteiger partial charge in [-0.1, -0.05) is 13.8 Å². The van der Waals surface area contributed by atoms with Gasteiger partial charge in [-0.25, -0.2) is 13.8 Å². The van der Waals surface area contributed by atoms with E-state index in [4.69, 9.17) is 4.74 Å². The minimum atomic E-state index is -1.08. The van der Waals surface area contributed by atoms with Gasteiger partial charge < -0.3 is 14.7 Å². The highest BCUT2D eigenvalue weighted by Gasteiger charge is 2.36. The lowest BCUT2D eigenvalue weighted by Crippen LogP contribution is -2.34. The number of nitrogens with zero attached hydrogens (tertiary/aromatic N) is 2. The lowest BCUT2D eigenvalue weighted by Gasteiger charge is -2.25. The molecule has 0 spiro atoms. The third kappa shape index (κ3) is 5.35. The Hall–Kier alpha value is -2.06. The van der Waals surface area contributed by atoms with Gasteiger partial charge in [0, 0.05) is 32.0 Å². The van der Waals surface area contributed by atoms with E-state index >= 15 is 0 Å². The maximum absolute atomic E-state index is 13.4. The summed E-state index contributed by atoms with van der Waals surface area (Å²) in [5.74, 6) is -1.21. The van der Waals surface area contributed by atoms with Crippen molar-refractivity contribution in [3.8, 4) is 5.75 Å². The molecule has 2 aromatic rings. The van der Waals surface area contributed by atoms with Crippen LogP contribution in [0.3, 0.4) is 0 Å². The van der Waals surface area contributed by atoms with Gasteiger partial charge in [0.2, 0.25) is 5.91 Å². The van der Waals surface area contributed by atoms with Crippen LogP contribution in [0.15, 0.2) is 18.2 Å². The molecule has 1 fully saturated rings. The van der Waals surface area contributed by atoms with Gasteiger partial charge >= 0.3 is 0 Å². The van der Waals surface area contributed by atoms with E-state index in [9.17, 15) is 18.7 Å². The molecule has 0 radical (unpaired) electrons. The van der Waals surface area contributed by atoms with Crippen LogP contribution in [-0.2, 0) is 17.0 Å². The average Bonchev–Trinajstić information content (AvgIpc) is 2.93. The zero-order valence-electron chi connectivity index (χ0n) is 17.6. The van der Waals surface area contributed by atoms with Crippen molar-refractivity contribution in [2.45, 2.75) is 58.7 Å². The SMILES string of the molecule is Cc1nc(C2(O)CCCN(C(=O)CC(C)C)CC2)sc1COc1ccc(F)c(F)c1. The number of rotatable bonds is 6. The summed E-state index contributed by atoms with van der Waals surface area (Å²) in [5.41, 5.74) is -0.342. The second-order valence-corrected chi connectivity index (χ2v) is 9.34. The van der Waals surface area contributed by atoms with E-state index in [2.05, 4.69) is 4.98 Å². The average molecular weight is 439 g/mol. The maximum atomic E-state index is 13.4. The Morgan fingerprint density at radius 3 is 2.77 bits per heavy atom. The van der Waals surface area contributed by atoms with Gasteiger partial charge in [-0.2, -0.15) is 0 Å². The van der Waals surface area contributed by atoms with E-state index in [1.807, 2.05) is 25.7 Å². The predicted octanol–water partition coefficient (Wildman–Crippen LogP) is 4.55. The van der Waals surface area contributed by atoms with Gasteiger partial charge in [-0.3, -0.25) is 4.79 Å². The minimum absolute atomic E-state index is 0.130. The highest BCUT2D eigenvalue weighted by molar-refractivity contribution is 7.11. The number of hydrogen-bond donors (Lipinski definition) is 1. The van der Waals surface area contributed by atoms with Crippen molar-refractivity contribution in [3.63, 3.8) is 0 Å². The Balaban J connectivity index is 1.67. The van der Waals surface area contributed by atoms with Crippen LogP contribution in [0.1, 0.15) is 55.1 Å². The number of carbonyl (C=O) groups excluding carboxylic acids is 1. The van der Waals surface area contributed by atoms with Crippen molar-refractivity contribution in [1.29, 1.82) is 0 Å². The highest BCUT2D eigenvalue weighted by Crippen LogP contribution is 2.37. The molecule has 0 aliphatic carbocycles. The number of hydrogen-bond acceptors (Lipinski definition) is 5. The summed E-state index contributed by atoms with van der Waals surface area (Å²) in [7, 11) is 0. The number of benzene rings is 1. The number of halogens is 2. The summed E-state index contributed by atoms with van der Waals surface area (Å²) in [6, 6.07) is 3.40. The minimum Gasteiger partial charge on any atom is -0.488 e. The molecule has 1 N–H and O–H groups in total. The smallest absolute Gasteiger partial charge is 0.222 e. The predicted molar refractivity (Wildman–Crippen MR) is 111 cm³/mol. The van der Waals surface area contributed by atoms with Crippen LogP contribution in [0.25, 0.3) is 0 Å². The summed E-state index contributed by atoms with van der Waals surface area (Å²) < 4.78 is 32.0. The lowest BCUT2D eigenvalue weighted by atomic mass is 9.96. The fourth-order valence-corrected chi connectivity index (χ4v) is 4.66. The molecule has 1 aromatic heterocycles. The van der Waals surface area contributed by atoms with E-state index in [0.29, 0.717) is 49.7 Å². The van der Waals surface area contributed by atoms with E-state index in [1.165, 1.54) is 17.4 Å². The van der Waals surface area contributed by atoms with Crippen LogP contribution in [0.2, 0.25) is 0 Å². The summed E-state index contributed by atoms with van der Waals surface area (Å²) >= 11 is 1.36. The molecular weight excluding hydrogens is 410 g/mol. The fraction of sp³-hybridized carbons (Fsp3) is 0.545. The van der Waals surface area contributed by atoms with E-state index < -0.39 is 17.2 Å². The number of ether oxygens (including phenoxy) is 1. The number of aromatic nitrogens is 1. The first-order chi connectivity index (χ1) is 14.2. The summed E-state index contributed by atoms with van der Waals surface area (Å²) in [4.78, 5) is 19.6. The molecule has 3 rings (SSSR count). The van der Waals surface area contributed by atoms with Gasteiger partial charge in [0.25, 0.3) is 0 Å². The molecule has 0 bridgehead atoms. The quantitative estimate of drug-likeness (QED) is 0.719. The number of amides is 1. The Morgan fingerprint density at radius 2 is 2.07 bits per heavy atom. The van der Waals surface area contributed by atoms with Gasteiger partial charge in [0.05, 0.1) is 10.6 Å². The van der Waals surface area contributed by atoms with E-state index in [-0.39, 0.29) is 18.3 Å². The molecule has 2 heterocycles. The molecular formula is C22H28F2N2O3S. The number of likely N-dealkylation sites (tertiary alicyclic amines) is 1. The molecule has 1 aliphatic heterocycles. The van der Waals surface area contributed by atoms with Crippen LogP contribution in [0.5, 0.6) is 5.75 Å². The molecule has 1 aromatic carbocycles. The second kappa shape index (κ2) is 9.39. The molecule has 1 atom stereocenters. The lowest BCUT2D eigenvalue weighted by molar-refractivity contribution is -0.132. The topological polar surface area (TPSA) is 62.7 Å². The molecule has 1 amide bonds. The molecule has 1 saturated heterocycles. The normalized spacial score (nSPS) is 19.8. The van der Waals surface area contributed by atoms with Crippen LogP contribution >= 0.6 is 11.3 Å². The van der Waals surface area contributed by atoms with Crippen LogP contribution < -0.4 is 4.74 Å². The third-order valence-electron chi connectivity index (χ3n) is 5.30. The monoisotopic (exact) mass is 438 g/mol. The molecule has 30 heavy (non-hydrogen) atoms. The largest absolute Gasteiger partial charge is 0.488 e. The Bertz CT molecular complexity index is 903. The molecule has 1 unspecified atom stereocenters. The van der Waals surface area contributed by atoms with Gasteiger partial charge in [-0.05, 0) is 37.8 Å². The standard InChI is InChI=1S/C22H28F2N2O3S/c1-14(2)11-20(27)26-9-4-7-22(28,8-10-26)21-25-15(3)19(30-21)13-29-16-5-6-17(23)18(24)12-16/h5-6,12,14,28H,4,7-11,13H2,1-3H3. The molecule has 8 heteroatoms. The van der Waals surface area contributed by atoms with Crippen molar-refractivity contribution < 1.29 is 23.4 Å². The van der Waals surface area contributed by atoms with Gasteiger partial charge in [0.1, 0.15) is 23.0 Å². The summed E-state index contributed by atoms with van der Waals surface area (Å²) in [6.45, 7) is 7.18. The number of aliphatic hydroxyl groups is 1. The molecule has 164 valence electrons. The first-order valence-corrected chi connectivity index (χ1v) is 11.0. The Morgan fingerprint density at radius 1 is 1.30 bits per heavy atom. The molecule has 1 aliphatic rings. The molecule has 5 nitrogen and oxygen atoms in total. The van der Waals surface area contributed by atoms with Crippen molar-refractivity contribution in [1.82, 2.24) is 9.88 Å². The highest BCUT2D eigenvalue weighted by atomic mass is 32.1. The van der Waals surface area contributed by atoms with Crippen LogP contribution in [0, 0.1) is 24.5 Å². The Kier molecular flexibility index (Phi) is 7.08. The van der Waals surface area contributed by atoms with Crippen molar-refractivity contribution >= 4 is 17.2 Å². The third-order valence-corrected chi connectivity index (χ3v) is 6.63. The van der Waals surface area contributed by atoms with Gasteiger partial charge in [0.15, 0.2) is 11.6 Å². The van der Waals surface area contributed by atoms with E-state index in [0.717, 1.165) is 22.7 Å². The van der Waals surface area contributed by atoms with Gasteiger partial charge in [-0.15, -0.1) is 11.3 Å².